The summed E-state index contributed by atoms with van der Waals surface area (Å²) in [6, 6.07) is -1.05. The molecule has 0 spiro atoms. The molecule has 1 amide bonds. The SMILES string of the molecule is CCCCCCCCCCCCCCCCCC/C=C/C(O)C(CS(=O)(=O)O)NC(=O)CCCCCCCCC. The molecule has 0 aromatic carbocycles. The summed E-state index contributed by atoms with van der Waals surface area (Å²) < 4.78 is 32.1. The maximum atomic E-state index is 12.3. The van der Waals surface area contributed by atoms with Crippen molar-refractivity contribution in [3.8, 4) is 0 Å². The van der Waals surface area contributed by atoms with Gasteiger partial charge in [0.25, 0.3) is 10.1 Å². The molecule has 0 heterocycles. The van der Waals surface area contributed by atoms with E-state index < -0.39 is 28.0 Å². The van der Waals surface area contributed by atoms with Crippen molar-refractivity contribution in [3.63, 3.8) is 0 Å². The number of nitrogens with one attached hydrogen (secondary N) is 1. The van der Waals surface area contributed by atoms with Crippen molar-refractivity contribution in [1.82, 2.24) is 5.32 Å². The third-order valence-electron chi connectivity index (χ3n) is 7.71. The van der Waals surface area contributed by atoms with Gasteiger partial charge in [-0.25, -0.2) is 0 Å². The lowest BCUT2D eigenvalue weighted by Gasteiger charge is -2.21. The van der Waals surface area contributed by atoms with Crippen LogP contribution >= 0.6 is 0 Å². The molecule has 0 aliphatic carbocycles. The van der Waals surface area contributed by atoms with Crippen LogP contribution in [0.5, 0.6) is 0 Å². The zero-order valence-corrected chi connectivity index (χ0v) is 27.0. The summed E-state index contributed by atoms with van der Waals surface area (Å²) in [5.41, 5.74) is 0. The molecule has 0 bridgehead atoms. The Labute approximate surface area is 248 Å². The molecule has 0 aromatic rings. The van der Waals surface area contributed by atoms with Crippen molar-refractivity contribution >= 4 is 16.0 Å². The number of carbonyl (C=O) groups is 1. The van der Waals surface area contributed by atoms with E-state index in [0.29, 0.717) is 6.42 Å². The molecule has 40 heavy (non-hydrogen) atoms. The Morgan fingerprint density at radius 2 is 1.02 bits per heavy atom. The highest BCUT2D eigenvalue weighted by Crippen LogP contribution is 2.14. The second kappa shape index (κ2) is 28.2. The van der Waals surface area contributed by atoms with Gasteiger partial charge in [-0.3, -0.25) is 9.35 Å². The molecule has 0 radical (unpaired) electrons. The summed E-state index contributed by atoms with van der Waals surface area (Å²) >= 11 is 0. The van der Waals surface area contributed by atoms with Gasteiger partial charge in [-0.2, -0.15) is 8.42 Å². The van der Waals surface area contributed by atoms with Crippen LogP contribution in [0.4, 0.5) is 0 Å². The van der Waals surface area contributed by atoms with Crippen LogP contribution in [0.3, 0.4) is 0 Å². The molecule has 0 rings (SSSR count). The number of allylic oxidation sites excluding steroid dienone is 1. The van der Waals surface area contributed by atoms with Gasteiger partial charge in [-0.15, -0.1) is 0 Å². The van der Waals surface area contributed by atoms with Crippen LogP contribution in [0.25, 0.3) is 0 Å². The van der Waals surface area contributed by atoms with E-state index in [2.05, 4.69) is 19.2 Å². The zero-order valence-electron chi connectivity index (χ0n) is 26.2. The maximum Gasteiger partial charge on any atom is 0.267 e. The molecule has 2 atom stereocenters. The normalized spacial score (nSPS) is 13.6. The lowest BCUT2D eigenvalue weighted by Crippen LogP contribution is -2.46. The summed E-state index contributed by atoms with van der Waals surface area (Å²) in [6.45, 7) is 4.45. The van der Waals surface area contributed by atoms with Crippen molar-refractivity contribution in [2.24, 2.45) is 0 Å². The van der Waals surface area contributed by atoms with E-state index in [1.165, 1.54) is 116 Å². The molecule has 0 saturated carbocycles. The van der Waals surface area contributed by atoms with Crippen molar-refractivity contribution < 1.29 is 22.9 Å². The molecular weight excluding hydrogens is 522 g/mol. The van der Waals surface area contributed by atoms with Gasteiger partial charge in [0.05, 0.1) is 17.9 Å². The number of hydrogen-bond donors (Lipinski definition) is 3. The van der Waals surface area contributed by atoms with Crippen LogP contribution in [0.1, 0.15) is 174 Å². The Morgan fingerprint density at radius 1 is 0.650 bits per heavy atom. The number of rotatable bonds is 30. The van der Waals surface area contributed by atoms with Gasteiger partial charge in [0.1, 0.15) is 0 Å². The van der Waals surface area contributed by atoms with Crippen LogP contribution in [-0.2, 0) is 14.9 Å². The van der Waals surface area contributed by atoms with Gasteiger partial charge in [0.2, 0.25) is 5.91 Å². The van der Waals surface area contributed by atoms with Crippen LogP contribution in [0, 0.1) is 0 Å². The topological polar surface area (TPSA) is 104 Å². The Balaban J connectivity index is 3.92. The van der Waals surface area contributed by atoms with Crippen LogP contribution in [0.15, 0.2) is 12.2 Å². The van der Waals surface area contributed by atoms with Gasteiger partial charge >= 0.3 is 0 Å². The summed E-state index contributed by atoms with van der Waals surface area (Å²) in [7, 11) is -4.32. The first-order valence-electron chi connectivity index (χ1n) is 16.9. The van der Waals surface area contributed by atoms with E-state index in [0.717, 1.165) is 38.5 Å². The molecule has 238 valence electrons. The third-order valence-corrected chi connectivity index (χ3v) is 8.49. The van der Waals surface area contributed by atoms with E-state index in [1.54, 1.807) is 6.08 Å². The predicted octanol–water partition coefficient (Wildman–Crippen LogP) is 9.07. The highest BCUT2D eigenvalue weighted by Gasteiger charge is 2.24. The summed E-state index contributed by atoms with van der Waals surface area (Å²) in [5, 5.41) is 13.1. The van der Waals surface area contributed by atoms with Crippen molar-refractivity contribution in [3.05, 3.63) is 12.2 Å². The quantitative estimate of drug-likeness (QED) is 0.0442. The number of aliphatic hydroxyl groups excluding tert-OH is 1. The zero-order chi connectivity index (χ0) is 29.7. The fraction of sp³-hybridized carbons (Fsp3) is 0.909. The van der Waals surface area contributed by atoms with E-state index in [9.17, 15) is 22.9 Å². The Morgan fingerprint density at radius 3 is 1.43 bits per heavy atom. The summed E-state index contributed by atoms with van der Waals surface area (Å²) in [4.78, 5) is 12.3. The molecular formula is C33H65NO5S. The molecule has 6 nitrogen and oxygen atoms in total. The smallest absolute Gasteiger partial charge is 0.267 e. The fourth-order valence-corrected chi connectivity index (χ4v) is 5.89. The molecule has 0 fully saturated rings. The van der Waals surface area contributed by atoms with Crippen LogP contribution in [-0.4, -0.2) is 41.9 Å². The lowest BCUT2D eigenvalue weighted by atomic mass is 10.0. The van der Waals surface area contributed by atoms with Crippen LogP contribution < -0.4 is 5.32 Å². The summed E-state index contributed by atoms with van der Waals surface area (Å²) in [5.74, 6) is -0.979. The van der Waals surface area contributed by atoms with E-state index in [1.807, 2.05) is 6.08 Å². The highest BCUT2D eigenvalue weighted by molar-refractivity contribution is 7.85. The van der Waals surface area contributed by atoms with Gasteiger partial charge < -0.3 is 10.4 Å². The highest BCUT2D eigenvalue weighted by atomic mass is 32.2. The minimum absolute atomic E-state index is 0.285. The second-order valence-electron chi connectivity index (χ2n) is 11.8. The number of unbranched alkanes of at least 4 members (excludes halogenated alkanes) is 22. The standard InChI is InChI=1S/C33H65NO5S/c1-3-5-7-9-11-12-13-14-15-16-17-18-19-20-21-23-24-26-28-32(35)31(30-40(37,38)39)34-33(36)29-27-25-22-10-8-6-4-2/h26,28,31-32,35H,3-25,27,29-30H2,1-2H3,(H,34,36)(H,37,38,39)/b28-26+. The minimum Gasteiger partial charge on any atom is -0.387 e. The molecule has 0 saturated heterocycles. The van der Waals surface area contributed by atoms with E-state index in [-0.39, 0.29) is 5.91 Å². The van der Waals surface area contributed by atoms with Gasteiger partial charge in [0.15, 0.2) is 0 Å². The Hall–Kier alpha value is -0.920. The van der Waals surface area contributed by atoms with Gasteiger partial charge in [0, 0.05) is 6.42 Å². The Kier molecular flexibility index (Phi) is 27.6. The molecule has 0 aliphatic heterocycles. The Bertz CT molecular complexity index is 695. The first-order valence-corrected chi connectivity index (χ1v) is 18.5. The number of hydrogen-bond acceptors (Lipinski definition) is 4. The first-order chi connectivity index (χ1) is 19.3. The molecule has 2 unspecified atom stereocenters. The number of aliphatic hydroxyl groups is 1. The number of carbonyl (C=O) groups excluding carboxylic acids is 1. The van der Waals surface area contributed by atoms with E-state index >= 15 is 0 Å². The molecule has 0 aliphatic rings. The van der Waals surface area contributed by atoms with Crippen molar-refractivity contribution in [2.45, 2.75) is 187 Å². The average molecular weight is 588 g/mol. The maximum absolute atomic E-state index is 12.3. The monoisotopic (exact) mass is 587 g/mol. The van der Waals surface area contributed by atoms with Crippen molar-refractivity contribution in [1.29, 1.82) is 0 Å². The second-order valence-corrected chi connectivity index (χ2v) is 13.3. The molecule has 7 heteroatoms. The summed E-state index contributed by atoms with van der Waals surface area (Å²) in [6.07, 6.45) is 32.1. The van der Waals surface area contributed by atoms with Crippen LogP contribution in [0.2, 0.25) is 0 Å². The van der Waals surface area contributed by atoms with Crippen molar-refractivity contribution in [2.75, 3.05) is 5.75 Å². The predicted molar refractivity (Wildman–Crippen MR) is 170 cm³/mol. The average Bonchev–Trinajstić information content (AvgIpc) is 2.90. The number of amides is 1. The van der Waals surface area contributed by atoms with E-state index in [4.69, 9.17) is 0 Å². The first kappa shape index (κ1) is 39.1. The molecule has 0 aromatic heterocycles. The lowest BCUT2D eigenvalue weighted by molar-refractivity contribution is -0.122. The largest absolute Gasteiger partial charge is 0.387 e. The molecule has 3 N–H and O–H groups in total. The third kappa shape index (κ3) is 28.6. The van der Waals surface area contributed by atoms with Gasteiger partial charge in [-0.05, 0) is 19.3 Å². The minimum atomic E-state index is -4.32. The fourth-order valence-electron chi connectivity index (χ4n) is 5.15. The van der Waals surface area contributed by atoms with Gasteiger partial charge in [-0.1, -0.05) is 161 Å².